The minimum absolute atomic E-state index is 0.127. The molecule has 0 amide bonds. The van der Waals surface area contributed by atoms with Crippen LogP contribution in [0.5, 0.6) is 0 Å². The van der Waals surface area contributed by atoms with Gasteiger partial charge in [-0.05, 0) is 70.6 Å². The number of allylic oxidation sites excluding steroid dienone is 8. The van der Waals surface area contributed by atoms with E-state index in [9.17, 15) is 25.2 Å². The fourth-order valence-electron chi connectivity index (χ4n) is 5.79. The molecule has 6 atom stereocenters. The van der Waals surface area contributed by atoms with E-state index in [-0.39, 0.29) is 25.6 Å². The van der Waals surface area contributed by atoms with Gasteiger partial charge in [-0.15, -0.1) is 0 Å². The van der Waals surface area contributed by atoms with Crippen molar-refractivity contribution in [3.05, 3.63) is 48.6 Å². The van der Waals surface area contributed by atoms with Crippen LogP contribution in [0, 0.1) is 0 Å². The zero-order valence-corrected chi connectivity index (χ0v) is 32.1. The first-order chi connectivity index (χ1) is 24.9. The van der Waals surface area contributed by atoms with E-state index in [1.807, 2.05) is 0 Å². The van der Waals surface area contributed by atoms with Gasteiger partial charge in [-0.1, -0.05) is 120 Å². The van der Waals surface area contributed by atoms with Crippen molar-refractivity contribution in [3.8, 4) is 0 Å². The van der Waals surface area contributed by atoms with Gasteiger partial charge in [0.25, 0.3) is 0 Å². The number of rotatable bonds is 33. The average molecular weight is 723 g/mol. The number of ether oxygens (including phenoxy) is 4. The number of unbranched alkanes of at least 4 members (excludes halogenated alkanes) is 14. The first-order valence-corrected chi connectivity index (χ1v) is 20.2. The summed E-state index contributed by atoms with van der Waals surface area (Å²) in [4.78, 5) is 12.7. The molecule has 9 heteroatoms. The van der Waals surface area contributed by atoms with Gasteiger partial charge in [0.2, 0.25) is 0 Å². The van der Waals surface area contributed by atoms with Crippen LogP contribution in [-0.2, 0) is 23.7 Å². The summed E-state index contributed by atoms with van der Waals surface area (Å²) < 4.78 is 22.7. The Bertz CT molecular complexity index is 916. The zero-order valence-electron chi connectivity index (χ0n) is 32.1. The summed E-state index contributed by atoms with van der Waals surface area (Å²) in [7, 11) is 0. The fourth-order valence-corrected chi connectivity index (χ4v) is 5.79. The standard InChI is InChI=1S/C42H74O9/c1-3-5-7-9-11-13-15-17-18-20-22-24-26-28-30-32-48-34-36(35-49-42-41(47)40(46)39(45)37(33-43)51-42)50-38(44)31-29-27-25-23-21-19-16-14-12-10-8-6-4-2/h6,8,12,14-15,17,19,21,36-37,39-43,45-47H,3-5,7,9-11,13,16,18,20,22-35H2,1-2H3/b8-6-,14-12-,17-15-,21-19-. The summed E-state index contributed by atoms with van der Waals surface area (Å²) in [6.45, 7) is 4.37. The van der Waals surface area contributed by atoms with E-state index >= 15 is 0 Å². The Kier molecular flexibility index (Phi) is 31.4. The molecule has 0 bridgehead atoms. The molecule has 1 saturated heterocycles. The average Bonchev–Trinajstić information content (AvgIpc) is 3.13. The molecule has 0 aromatic rings. The molecule has 1 aliphatic heterocycles. The summed E-state index contributed by atoms with van der Waals surface area (Å²) in [5.41, 5.74) is 0. The van der Waals surface area contributed by atoms with Gasteiger partial charge < -0.3 is 39.4 Å². The van der Waals surface area contributed by atoms with Gasteiger partial charge in [-0.3, -0.25) is 4.79 Å². The smallest absolute Gasteiger partial charge is 0.306 e. The molecular formula is C42H74O9. The van der Waals surface area contributed by atoms with Crippen LogP contribution < -0.4 is 0 Å². The molecule has 4 N–H and O–H groups in total. The van der Waals surface area contributed by atoms with E-state index in [2.05, 4.69) is 62.5 Å². The molecule has 0 spiro atoms. The van der Waals surface area contributed by atoms with E-state index in [1.165, 1.54) is 57.8 Å². The summed E-state index contributed by atoms with van der Waals surface area (Å²) in [5, 5.41) is 40.0. The van der Waals surface area contributed by atoms with Crippen molar-refractivity contribution in [2.75, 3.05) is 26.4 Å². The SMILES string of the molecule is CC/C=C\C/C=C\C/C=C\CCCCCC(=O)OC(COCCCCCCCC/C=C\CCCCCCC)COC1OC(CO)C(O)C(O)C1O. The quantitative estimate of drug-likeness (QED) is 0.0301. The Hall–Kier alpha value is -1.85. The highest BCUT2D eigenvalue weighted by molar-refractivity contribution is 5.69. The first-order valence-electron chi connectivity index (χ1n) is 20.2. The van der Waals surface area contributed by atoms with E-state index in [0.717, 1.165) is 64.2 Å². The van der Waals surface area contributed by atoms with Gasteiger partial charge in [0.05, 0.1) is 19.8 Å². The fraction of sp³-hybridized carbons (Fsp3) is 0.786. The van der Waals surface area contributed by atoms with Crippen LogP contribution in [0.4, 0.5) is 0 Å². The number of hydrogen-bond donors (Lipinski definition) is 4. The van der Waals surface area contributed by atoms with E-state index in [0.29, 0.717) is 13.0 Å². The predicted molar refractivity (Wildman–Crippen MR) is 205 cm³/mol. The van der Waals surface area contributed by atoms with Crippen LogP contribution in [0.1, 0.15) is 149 Å². The Morgan fingerprint density at radius 3 is 1.82 bits per heavy atom. The van der Waals surface area contributed by atoms with Crippen molar-refractivity contribution >= 4 is 5.97 Å². The molecule has 0 aromatic carbocycles. The predicted octanol–water partition coefficient (Wildman–Crippen LogP) is 8.19. The number of carbonyl (C=O) groups excluding carboxylic acids is 1. The third-order valence-electron chi connectivity index (χ3n) is 8.98. The normalized spacial score (nSPS) is 21.9. The van der Waals surface area contributed by atoms with Crippen molar-refractivity contribution in [2.24, 2.45) is 0 Å². The molecule has 1 heterocycles. The second kappa shape index (κ2) is 34.0. The highest BCUT2D eigenvalue weighted by Crippen LogP contribution is 2.22. The van der Waals surface area contributed by atoms with Gasteiger partial charge >= 0.3 is 5.97 Å². The molecular weight excluding hydrogens is 648 g/mol. The van der Waals surface area contributed by atoms with E-state index in [1.54, 1.807) is 0 Å². The molecule has 0 radical (unpaired) electrons. The molecule has 296 valence electrons. The second-order valence-corrected chi connectivity index (χ2v) is 13.7. The Morgan fingerprint density at radius 2 is 1.20 bits per heavy atom. The molecule has 0 aliphatic carbocycles. The summed E-state index contributed by atoms with van der Waals surface area (Å²) >= 11 is 0. The summed E-state index contributed by atoms with van der Waals surface area (Å²) in [6, 6.07) is 0. The summed E-state index contributed by atoms with van der Waals surface area (Å²) in [6.07, 6.45) is 32.8. The first kappa shape index (κ1) is 47.2. The van der Waals surface area contributed by atoms with Crippen LogP contribution in [0.25, 0.3) is 0 Å². The van der Waals surface area contributed by atoms with Crippen molar-refractivity contribution in [2.45, 2.75) is 185 Å². The lowest BCUT2D eigenvalue weighted by Gasteiger charge is -2.39. The monoisotopic (exact) mass is 723 g/mol. The van der Waals surface area contributed by atoms with Crippen molar-refractivity contribution in [1.29, 1.82) is 0 Å². The molecule has 1 aliphatic rings. The van der Waals surface area contributed by atoms with Gasteiger partial charge in [0.1, 0.15) is 30.5 Å². The molecule has 6 unspecified atom stereocenters. The Morgan fingerprint density at radius 1 is 0.647 bits per heavy atom. The third-order valence-corrected chi connectivity index (χ3v) is 8.98. The van der Waals surface area contributed by atoms with Crippen molar-refractivity contribution in [1.82, 2.24) is 0 Å². The molecule has 9 nitrogen and oxygen atoms in total. The maximum Gasteiger partial charge on any atom is 0.306 e. The lowest BCUT2D eigenvalue weighted by atomic mass is 9.99. The molecule has 1 fully saturated rings. The molecule has 0 saturated carbocycles. The van der Waals surface area contributed by atoms with Crippen molar-refractivity contribution < 1.29 is 44.2 Å². The van der Waals surface area contributed by atoms with Crippen LogP contribution >= 0.6 is 0 Å². The third kappa shape index (κ3) is 25.7. The van der Waals surface area contributed by atoms with E-state index in [4.69, 9.17) is 18.9 Å². The van der Waals surface area contributed by atoms with Crippen LogP contribution in [0.3, 0.4) is 0 Å². The number of esters is 1. The lowest BCUT2D eigenvalue weighted by molar-refractivity contribution is -0.305. The molecule has 51 heavy (non-hydrogen) atoms. The van der Waals surface area contributed by atoms with Crippen LogP contribution in [0.2, 0.25) is 0 Å². The lowest BCUT2D eigenvalue weighted by Crippen LogP contribution is -2.59. The Labute approximate surface area is 310 Å². The maximum atomic E-state index is 12.7. The largest absolute Gasteiger partial charge is 0.457 e. The zero-order chi connectivity index (χ0) is 37.2. The maximum absolute atomic E-state index is 12.7. The summed E-state index contributed by atoms with van der Waals surface area (Å²) in [5.74, 6) is -0.347. The molecule has 1 rings (SSSR count). The highest BCUT2D eigenvalue weighted by atomic mass is 16.7. The van der Waals surface area contributed by atoms with Crippen LogP contribution in [-0.4, -0.2) is 89.6 Å². The van der Waals surface area contributed by atoms with Gasteiger partial charge in [0.15, 0.2) is 6.29 Å². The minimum Gasteiger partial charge on any atom is -0.457 e. The molecule has 0 aromatic heterocycles. The van der Waals surface area contributed by atoms with Gasteiger partial charge in [0, 0.05) is 13.0 Å². The minimum atomic E-state index is -1.54. The van der Waals surface area contributed by atoms with Gasteiger partial charge in [-0.2, -0.15) is 0 Å². The number of hydrogen-bond acceptors (Lipinski definition) is 9. The van der Waals surface area contributed by atoms with Crippen molar-refractivity contribution in [3.63, 3.8) is 0 Å². The van der Waals surface area contributed by atoms with E-state index < -0.39 is 43.4 Å². The number of aliphatic hydroxyl groups is 4. The highest BCUT2D eigenvalue weighted by Gasteiger charge is 2.44. The number of aliphatic hydroxyl groups excluding tert-OH is 4. The number of carbonyl (C=O) groups is 1. The topological polar surface area (TPSA) is 135 Å². The van der Waals surface area contributed by atoms with Crippen LogP contribution in [0.15, 0.2) is 48.6 Å². The Balaban J connectivity index is 2.34. The second-order valence-electron chi connectivity index (χ2n) is 13.7. The van der Waals surface area contributed by atoms with Gasteiger partial charge in [-0.25, -0.2) is 0 Å².